The number of methoxy groups -OCH3 is 1. The Balaban J connectivity index is 1.99. The Bertz CT molecular complexity index is 948. The summed E-state index contributed by atoms with van der Waals surface area (Å²) in [6.45, 7) is -0.200. The monoisotopic (exact) mass is 345 g/mol. The van der Waals surface area contributed by atoms with Gasteiger partial charge in [-0.1, -0.05) is 28.9 Å². The number of benzene rings is 1. The molecule has 24 heavy (non-hydrogen) atoms. The molecule has 2 aromatic heterocycles. The van der Waals surface area contributed by atoms with Gasteiger partial charge in [-0.05, 0) is 24.3 Å². The maximum Gasteiger partial charge on any atom is 0.325 e. The van der Waals surface area contributed by atoms with Gasteiger partial charge in [0.05, 0.1) is 12.1 Å². The summed E-state index contributed by atoms with van der Waals surface area (Å²) in [6.07, 6.45) is 1.48. The molecule has 7 nitrogen and oxygen atoms in total. The number of hydrogen-bond acceptors (Lipinski definition) is 6. The molecule has 0 radical (unpaired) electrons. The van der Waals surface area contributed by atoms with Crippen molar-refractivity contribution in [2.75, 3.05) is 7.11 Å². The van der Waals surface area contributed by atoms with Crippen LogP contribution in [0.3, 0.4) is 0 Å². The predicted molar refractivity (Wildman–Crippen MR) is 86.5 cm³/mol. The topological polar surface area (TPSA) is 87.2 Å². The molecule has 0 bridgehead atoms. The molecule has 0 fully saturated rings. The van der Waals surface area contributed by atoms with Crippen LogP contribution in [0, 0.1) is 0 Å². The Morgan fingerprint density at radius 2 is 2.00 bits per heavy atom. The number of carbonyl (C=O) groups is 1. The Labute approximate surface area is 141 Å². The van der Waals surface area contributed by atoms with Gasteiger partial charge in [0.2, 0.25) is 5.82 Å². The van der Waals surface area contributed by atoms with Gasteiger partial charge in [-0.2, -0.15) is 4.98 Å². The summed E-state index contributed by atoms with van der Waals surface area (Å²) in [5.41, 5.74) is 0.351. The van der Waals surface area contributed by atoms with Crippen LogP contribution in [0.4, 0.5) is 0 Å². The van der Waals surface area contributed by atoms with E-state index in [1.54, 1.807) is 36.4 Å². The fourth-order valence-electron chi connectivity index (χ4n) is 2.11. The Hall–Kier alpha value is -2.93. The van der Waals surface area contributed by atoms with Gasteiger partial charge in [0, 0.05) is 11.8 Å². The SMILES string of the molecule is COC(=O)Cn1cccc(-c2nc(-c3ccccc3Cl)no2)c1=O. The highest BCUT2D eigenvalue weighted by molar-refractivity contribution is 6.33. The molecule has 1 aromatic carbocycles. The lowest BCUT2D eigenvalue weighted by atomic mass is 10.2. The van der Waals surface area contributed by atoms with E-state index in [-0.39, 0.29) is 23.8 Å². The number of ether oxygens (including phenoxy) is 1. The minimum Gasteiger partial charge on any atom is -0.468 e. The second kappa shape index (κ2) is 6.67. The van der Waals surface area contributed by atoms with E-state index in [0.717, 1.165) is 0 Å². The van der Waals surface area contributed by atoms with Crippen LogP contribution in [0.1, 0.15) is 0 Å². The van der Waals surface area contributed by atoms with E-state index in [4.69, 9.17) is 16.1 Å². The van der Waals surface area contributed by atoms with Gasteiger partial charge >= 0.3 is 5.97 Å². The zero-order chi connectivity index (χ0) is 17.1. The number of rotatable bonds is 4. The summed E-state index contributed by atoms with van der Waals surface area (Å²) in [6, 6.07) is 10.2. The first-order chi connectivity index (χ1) is 11.6. The smallest absolute Gasteiger partial charge is 0.325 e. The van der Waals surface area contributed by atoms with E-state index in [1.165, 1.54) is 17.9 Å². The van der Waals surface area contributed by atoms with Gasteiger partial charge in [0.25, 0.3) is 11.4 Å². The van der Waals surface area contributed by atoms with E-state index >= 15 is 0 Å². The summed E-state index contributed by atoms with van der Waals surface area (Å²) in [5.74, 6) is -0.205. The van der Waals surface area contributed by atoms with Crippen LogP contribution >= 0.6 is 11.6 Å². The third-order valence-corrected chi connectivity index (χ3v) is 3.65. The van der Waals surface area contributed by atoms with Crippen molar-refractivity contribution in [2.24, 2.45) is 0 Å². The van der Waals surface area contributed by atoms with Gasteiger partial charge in [0.15, 0.2) is 0 Å². The van der Waals surface area contributed by atoms with Gasteiger partial charge in [0.1, 0.15) is 12.1 Å². The maximum absolute atomic E-state index is 12.4. The zero-order valence-corrected chi connectivity index (χ0v) is 13.4. The molecule has 0 aliphatic carbocycles. The molecular weight excluding hydrogens is 334 g/mol. The molecule has 8 heteroatoms. The van der Waals surface area contributed by atoms with E-state index in [1.807, 2.05) is 0 Å². The number of pyridine rings is 1. The van der Waals surface area contributed by atoms with Crippen LogP contribution in [0.5, 0.6) is 0 Å². The molecule has 0 aliphatic rings. The average molecular weight is 346 g/mol. The highest BCUT2D eigenvalue weighted by Gasteiger charge is 2.17. The van der Waals surface area contributed by atoms with Crippen molar-refractivity contribution in [1.82, 2.24) is 14.7 Å². The molecule has 2 heterocycles. The molecule has 0 saturated carbocycles. The summed E-state index contributed by atoms with van der Waals surface area (Å²) >= 11 is 6.10. The molecule has 0 unspecified atom stereocenters. The predicted octanol–water partition coefficient (Wildman–Crippen LogP) is 2.39. The van der Waals surface area contributed by atoms with Crippen molar-refractivity contribution >= 4 is 17.6 Å². The summed E-state index contributed by atoms with van der Waals surface area (Å²) in [7, 11) is 1.26. The first kappa shape index (κ1) is 15.9. The molecule has 0 amide bonds. The standard InChI is InChI=1S/C16H12ClN3O4/c1-23-13(21)9-20-8-4-6-11(16(20)22)15-18-14(19-24-15)10-5-2-3-7-12(10)17/h2-8H,9H2,1H3. The zero-order valence-electron chi connectivity index (χ0n) is 12.6. The van der Waals surface area contributed by atoms with Gasteiger partial charge in [-0.15, -0.1) is 0 Å². The summed E-state index contributed by atoms with van der Waals surface area (Å²) in [5, 5.41) is 4.33. The maximum atomic E-state index is 12.4. The first-order valence-electron chi connectivity index (χ1n) is 6.95. The van der Waals surface area contributed by atoms with E-state index in [0.29, 0.717) is 10.6 Å². The van der Waals surface area contributed by atoms with Gasteiger partial charge in [-0.25, -0.2) is 0 Å². The quantitative estimate of drug-likeness (QED) is 0.675. The van der Waals surface area contributed by atoms with Crippen LogP contribution in [-0.2, 0) is 16.1 Å². The van der Waals surface area contributed by atoms with Crippen LogP contribution < -0.4 is 5.56 Å². The summed E-state index contributed by atoms with van der Waals surface area (Å²) < 4.78 is 11.0. The normalized spacial score (nSPS) is 10.6. The first-order valence-corrected chi connectivity index (χ1v) is 7.33. The third kappa shape index (κ3) is 3.07. The van der Waals surface area contributed by atoms with Crippen molar-refractivity contribution in [3.05, 3.63) is 58.0 Å². The number of halogens is 1. The van der Waals surface area contributed by atoms with Crippen LogP contribution in [0.25, 0.3) is 22.8 Å². The van der Waals surface area contributed by atoms with Crippen molar-refractivity contribution < 1.29 is 14.1 Å². The molecule has 3 rings (SSSR count). The number of hydrogen-bond donors (Lipinski definition) is 0. The second-order valence-corrected chi connectivity index (χ2v) is 5.24. The van der Waals surface area contributed by atoms with Crippen molar-refractivity contribution in [3.63, 3.8) is 0 Å². The van der Waals surface area contributed by atoms with Crippen LogP contribution in [0.15, 0.2) is 51.9 Å². The summed E-state index contributed by atoms with van der Waals surface area (Å²) in [4.78, 5) is 28.0. The number of aromatic nitrogens is 3. The Kier molecular flexibility index (Phi) is 4.43. The molecule has 3 aromatic rings. The lowest BCUT2D eigenvalue weighted by Gasteiger charge is -2.04. The highest BCUT2D eigenvalue weighted by atomic mass is 35.5. The van der Waals surface area contributed by atoms with E-state index in [2.05, 4.69) is 14.9 Å². The molecular formula is C16H12ClN3O4. The molecule has 122 valence electrons. The van der Waals surface area contributed by atoms with E-state index in [9.17, 15) is 9.59 Å². The van der Waals surface area contributed by atoms with Crippen LogP contribution in [0.2, 0.25) is 5.02 Å². The highest BCUT2D eigenvalue weighted by Crippen LogP contribution is 2.26. The van der Waals surface area contributed by atoms with Gasteiger partial charge in [-0.3, -0.25) is 9.59 Å². The van der Waals surface area contributed by atoms with Gasteiger partial charge < -0.3 is 13.8 Å². The van der Waals surface area contributed by atoms with Crippen LogP contribution in [-0.4, -0.2) is 27.8 Å². The molecule has 0 N–H and O–H groups in total. The van der Waals surface area contributed by atoms with Crippen molar-refractivity contribution in [2.45, 2.75) is 6.54 Å². The molecule has 0 spiro atoms. The largest absolute Gasteiger partial charge is 0.468 e. The average Bonchev–Trinajstić information content (AvgIpc) is 3.06. The third-order valence-electron chi connectivity index (χ3n) is 3.32. The van der Waals surface area contributed by atoms with Crippen molar-refractivity contribution in [1.29, 1.82) is 0 Å². The second-order valence-electron chi connectivity index (χ2n) is 4.83. The minimum absolute atomic E-state index is 0.0501. The number of nitrogens with zero attached hydrogens (tertiary/aromatic N) is 3. The minimum atomic E-state index is -0.531. The lowest BCUT2D eigenvalue weighted by Crippen LogP contribution is -2.25. The Morgan fingerprint density at radius 1 is 1.25 bits per heavy atom. The fraction of sp³-hybridized carbons (Fsp3) is 0.125. The molecule has 0 aliphatic heterocycles. The number of esters is 1. The van der Waals surface area contributed by atoms with E-state index < -0.39 is 11.5 Å². The Morgan fingerprint density at radius 3 is 2.75 bits per heavy atom. The molecule has 0 saturated heterocycles. The van der Waals surface area contributed by atoms with Crippen molar-refractivity contribution in [3.8, 4) is 22.8 Å². The molecule has 0 atom stereocenters. The lowest BCUT2D eigenvalue weighted by molar-refractivity contribution is -0.141. The fourth-order valence-corrected chi connectivity index (χ4v) is 2.33. The number of carbonyl (C=O) groups excluding carboxylic acids is 1.